The molecule has 2 amide bonds. The van der Waals surface area contributed by atoms with Gasteiger partial charge in [0, 0.05) is 22.3 Å². The van der Waals surface area contributed by atoms with Crippen LogP contribution in [0, 0.1) is 0 Å². The summed E-state index contributed by atoms with van der Waals surface area (Å²) in [5.74, 6) is -0.217. The number of aromatic nitrogens is 2. The predicted octanol–water partition coefficient (Wildman–Crippen LogP) is 4.39. The first-order valence-electron chi connectivity index (χ1n) is 9.62. The summed E-state index contributed by atoms with van der Waals surface area (Å²) < 4.78 is 5.42. The summed E-state index contributed by atoms with van der Waals surface area (Å²) in [4.78, 5) is 33.6. The van der Waals surface area contributed by atoms with Crippen molar-refractivity contribution in [2.24, 2.45) is 0 Å². The molecular weight excluding hydrogens is 390 g/mol. The number of rotatable bonds is 5. The van der Waals surface area contributed by atoms with Gasteiger partial charge >= 0.3 is 0 Å². The molecule has 0 radical (unpaired) electrons. The van der Waals surface area contributed by atoms with Crippen LogP contribution in [0.5, 0.6) is 5.75 Å². The van der Waals surface area contributed by atoms with Crippen molar-refractivity contribution in [2.75, 3.05) is 7.11 Å². The molecule has 152 valence electrons. The molecule has 0 aliphatic rings. The fourth-order valence-electron chi connectivity index (χ4n) is 3.18. The summed E-state index contributed by atoms with van der Waals surface area (Å²) in [5.41, 5.74) is 3.72. The van der Waals surface area contributed by atoms with Gasteiger partial charge in [0.2, 0.25) is 0 Å². The van der Waals surface area contributed by atoms with Crippen LogP contribution in [0.1, 0.15) is 20.7 Å². The number of carbonyl (C=O) groups is 2. The highest BCUT2D eigenvalue weighted by Gasteiger charge is 2.14. The van der Waals surface area contributed by atoms with Gasteiger partial charge in [-0.3, -0.25) is 14.9 Å². The second kappa shape index (κ2) is 9.00. The quantitative estimate of drug-likeness (QED) is 0.495. The molecule has 1 aromatic heterocycles. The molecular formula is C25H19N3O3. The number of nitrogens with zero attached hydrogens (tertiary/aromatic N) is 2. The van der Waals surface area contributed by atoms with Crippen molar-refractivity contribution in [3.8, 4) is 28.3 Å². The number of carbonyl (C=O) groups excluding carboxylic acids is 2. The molecule has 0 fully saturated rings. The number of imide groups is 1. The van der Waals surface area contributed by atoms with Crippen LogP contribution in [0.15, 0.2) is 91.3 Å². The van der Waals surface area contributed by atoms with Crippen molar-refractivity contribution in [1.29, 1.82) is 0 Å². The van der Waals surface area contributed by atoms with Crippen molar-refractivity contribution in [1.82, 2.24) is 15.3 Å². The Hall–Kier alpha value is -4.32. The van der Waals surface area contributed by atoms with Gasteiger partial charge in [-0.2, -0.15) is 0 Å². The molecule has 0 saturated carbocycles. The summed E-state index contributed by atoms with van der Waals surface area (Å²) in [6, 6.07) is 25.0. The largest absolute Gasteiger partial charge is 0.496 e. The molecule has 1 N–H and O–H groups in total. The van der Waals surface area contributed by atoms with Crippen LogP contribution in [-0.2, 0) is 0 Å². The number of hydrogen-bond donors (Lipinski definition) is 1. The van der Waals surface area contributed by atoms with E-state index < -0.39 is 11.8 Å². The van der Waals surface area contributed by atoms with Gasteiger partial charge in [0.15, 0.2) is 0 Å². The summed E-state index contributed by atoms with van der Waals surface area (Å²) >= 11 is 0. The number of hydrogen-bond acceptors (Lipinski definition) is 5. The number of para-hydroxylation sites is 1. The van der Waals surface area contributed by atoms with Crippen molar-refractivity contribution in [3.05, 3.63) is 102 Å². The Morgan fingerprint density at radius 1 is 0.742 bits per heavy atom. The standard InChI is InChI=1S/C25H19N3O3/c1-31-23-13-6-5-12-20(23)22-15-21(26-16-27-22)18-10-7-11-19(14-18)25(30)28-24(29)17-8-3-2-4-9-17/h2-16H,1H3,(H,28,29,30). The van der Waals surface area contributed by atoms with E-state index in [1.54, 1.807) is 49.6 Å². The monoisotopic (exact) mass is 409 g/mol. The highest BCUT2D eigenvalue weighted by Crippen LogP contribution is 2.30. The molecule has 4 rings (SSSR count). The van der Waals surface area contributed by atoms with E-state index in [-0.39, 0.29) is 0 Å². The molecule has 6 heteroatoms. The van der Waals surface area contributed by atoms with Crippen LogP contribution in [0.25, 0.3) is 22.5 Å². The molecule has 0 aliphatic carbocycles. The van der Waals surface area contributed by atoms with Crippen LogP contribution >= 0.6 is 0 Å². The minimum Gasteiger partial charge on any atom is -0.496 e. The zero-order chi connectivity index (χ0) is 21.6. The fourth-order valence-corrected chi connectivity index (χ4v) is 3.18. The maximum absolute atomic E-state index is 12.6. The number of benzene rings is 3. The van der Waals surface area contributed by atoms with E-state index in [1.165, 1.54) is 6.33 Å². The van der Waals surface area contributed by atoms with Gasteiger partial charge in [-0.15, -0.1) is 0 Å². The normalized spacial score (nSPS) is 10.4. The average Bonchev–Trinajstić information content (AvgIpc) is 2.84. The first-order chi connectivity index (χ1) is 15.2. The molecule has 0 saturated heterocycles. The second-order valence-electron chi connectivity index (χ2n) is 6.72. The fraction of sp³-hybridized carbons (Fsp3) is 0.0400. The smallest absolute Gasteiger partial charge is 0.258 e. The lowest BCUT2D eigenvalue weighted by atomic mass is 10.0. The van der Waals surface area contributed by atoms with Gasteiger partial charge in [-0.1, -0.05) is 42.5 Å². The lowest BCUT2D eigenvalue weighted by molar-refractivity contribution is 0.0849. The molecule has 0 unspecified atom stereocenters. The molecule has 31 heavy (non-hydrogen) atoms. The highest BCUT2D eigenvalue weighted by atomic mass is 16.5. The van der Waals surface area contributed by atoms with Gasteiger partial charge in [0.1, 0.15) is 12.1 Å². The van der Waals surface area contributed by atoms with E-state index in [4.69, 9.17) is 4.74 Å². The van der Waals surface area contributed by atoms with E-state index in [0.29, 0.717) is 28.3 Å². The lowest BCUT2D eigenvalue weighted by Gasteiger charge is -2.09. The topological polar surface area (TPSA) is 81.2 Å². The average molecular weight is 409 g/mol. The van der Waals surface area contributed by atoms with Crippen molar-refractivity contribution in [2.45, 2.75) is 0 Å². The predicted molar refractivity (Wildman–Crippen MR) is 118 cm³/mol. The maximum Gasteiger partial charge on any atom is 0.258 e. The minimum atomic E-state index is -0.477. The summed E-state index contributed by atoms with van der Waals surface area (Å²) in [5, 5.41) is 2.42. The zero-order valence-corrected chi connectivity index (χ0v) is 16.8. The zero-order valence-electron chi connectivity index (χ0n) is 16.8. The van der Waals surface area contributed by atoms with Gasteiger partial charge < -0.3 is 4.74 Å². The Kier molecular flexibility index (Phi) is 5.80. The third-order valence-electron chi connectivity index (χ3n) is 4.73. The molecule has 3 aromatic carbocycles. The van der Waals surface area contributed by atoms with Crippen LogP contribution in [-0.4, -0.2) is 28.9 Å². The Balaban J connectivity index is 1.60. The van der Waals surface area contributed by atoms with Gasteiger partial charge in [-0.05, 0) is 42.5 Å². The first-order valence-corrected chi connectivity index (χ1v) is 9.62. The van der Waals surface area contributed by atoms with Crippen LogP contribution < -0.4 is 10.1 Å². The number of ether oxygens (including phenoxy) is 1. The summed E-state index contributed by atoms with van der Waals surface area (Å²) in [6.07, 6.45) is 1.47. The van der Waals surface area contributed by atoms with E-state index in [2.05, 4.69) is 15.3 Å². The molecule has 0 bridgehead atoms. The first kappa shape index (κ1) is 20.0. The maximum atomic E-state index is 12.6. The Bertz CT molecular complexity index is 1240. The Labute approximate surface area is 179 Å². The molecule has 0 aliphatic heterocycles. The van der Waals surface area contributed by atoms with E-state index >= 15 is 0 Å². The van der Waals surface area contributed by atoms with E-state index in [9.17, 15) is 9.59 Å². The van der Waals surface area contributed by atoms with Gasteiger partial charge in [0.05, 0.1) is 18.5 Å². The molecule has 0 atom stereocenters. The summed E-state index contributed by atoms with van der Waals surface area (Å²) in [7, 11) is 1.61. The second-order valence-corrected chi connectivity index (χ2v) is 6.72. The lowest BCUT2D eigenvalue weighted by Crippen LogP contribution is -2.30. The molecule has 4 aromatic rings. The van der Waals surface area contributed by atoms with Crippen LogP contribution in [0.3, 0.4) is 0 Å². The van der Waals surface area contributed by atoms with Gasteiger partial charge in [-0.25, -0.2) is 9.97 Å². The third kappa shape index (κ3) is 4.48. The molecule has 1 heterocycles. The number of methoxy groups -OCH3 is 1. The third-order valence-corrected chi connectivity index (χ3v) is 4.73. The SMILES string of the molecule is COc1ccccc1-c1cc(-c2cccc(C(=O)NC(=O)c3ccccc3)c2)ncn1. The van der Waals surface area contributed by atoms with E-state index in [1.807, 2.05) is 42.5 Å². The number of nitrogens with one attached hydrogen (secondary N) is 1. The van der Waals surface area contributed by atoms with Crippen molar-refractivity contribution < 1.29 is 14.3 Å². The molecule has 0 spiro atoms. The summed E-state index contributed by atoms with van der Waals surface area (Å²) in [6.45, 7) is 0. The highest BCUT2D eigenvalue weighted by molar-refractivity contribution is 6.10. The van der Waals surface area contributed by atoms with Crippen molar-refractivity contribution >= 4 is 11.8 Å². The van der Waals surface area contributed by atoms with E-state index in [0.717, 1.165) is 11.1 Å². The van der Waals surface area contributed by atoms with Gasteiger partial charge in [0.25, 0.3) is 11.8 Å². The van der Waals surface area contributed by atoms with Crippen molar-refractivity contribution in [3.63, 3.8) is 0 Å². The number of amides is 2. The molecule has 6 nitrogen and oxygen atoms in total. The van der Waals surface area contributed by atoms with Crippen LogP contribution in [0.4, 0.5) is 0 Å². The minimum absolute atomic E-state index is 0.360. The Morgan fingerprint density at radius 2 is 1.42 bits per heavy atom. The van der Waals surface area contributed by atoms with Crippen LogP contribution in [0.2, 0.25) is 0 Å². The Morgan fingerprint density at radius 3 is 2.23 bits per heavy atom.